The molecule has 2 aromatic rings. The van der Waals surface area contributed by atoms with Gasteiger partial charge in [-0.2, -0.15) is 0 Å². The van der Waals surface area contributed by atoms with Gasteiger partial charge in [0.05, 0.1) is 12.3 Å². The lowest BCUT2D eigenvalue weighted by Crippen LogP contribution is -2.43. The Morgan fingerprint density at radius 2 is 2.04 bits per heavy atom. The average molecular weight is 340 g/mol. The summed E-state index contributed by atoms with van der Waals surface area (Å²) < 4.78 is 7.76. The van der Waals surface area contributed by atoms with Gasteiger partial charge in [-0.15, -0.1) is 0 Å². The number of rotatable bonds is 5. The molecule has 2 aliphatic rings. The van der Waals surface area contributed by atoms with E-state index in [4.69, 9.17) is 4.74 Å². The maximum atomic E-state index is 12.6. The normalized spacial score (nSPS) is 21.8. The van der Waals surface area contributed by atoms with Crippen LogP contribution in [0.4, 0.5) is 0 Å². The number of hydrogen-bond acceptors (Lipinski definition) is 3. The van der Waals surface area contributed by atoms with Crippen LogP contribution in [0.25, 0.3) is 10.9 Å². The molecule has 1 saturated heterocycles. The van der Waals surface area contributed by atoms with Crippen molar-refractivity contribution >= 4 is 22.8 Å². The molecule has 1 unspecified atom stereocenters. The fourth-order valence-electron chi connectivity index (χ4n) is 4.37. The lowest BCUT2D eigenvalue weighted by molar-refractivity contribution is -0.149. The molecule has 0 radical (unpaired) electrons. The second-order valence-corrected chi connectivity index (χ2v) is 7.22. The summed E-state index contributed by atoms with van der Waals surface area (Å²) in [5.74, 6) is -0.555. The molecule has 1 atom stereocenters. The number of amides is 1. The zero-order valence-electron chi connectivity index (χ0n) is 14.4. The summed E-state index contributed by atoms with van der Waals surface area (Å²) in [5, 5.41) is 4.26. The number of carbonyl (C=O) groups is 2. The first-order valence-electron chi connectivity index (χ1n) is 9.21. The highest BCUT2D eigenvalue weighted by molar-refractivity contribution is 5.88. The number of para-hydroxylation sites is 1. The lowest BCUT2D eigenvalue weighted by atomic mass is 9.85. The first kappa shape index (κ1) is 16.2. The SMILES string of the molecule is O=C1CC(C(=O)NCCCn2ccc3ccccc32)C2(CCCC2)O1. The van der Waals surface area contributed by atoms with Crippen molar-refractivity contribution in [3.05, 3.63) is 36.5 Å². The van der Waals surface area contributed by atoms with Gasteiger partial charge in [0.25, 0.3) is 0 Å². The van der Waals surface area contributed by atoms with Crippen LogP contribution in [-0.2, 0) is 20.9 Å². The van der Waals surface area contributed by atoms with Crippen molar-refractivity contribution in [1.82, 2.24) is 9.88 Å². The van der Waals surface area contributed by atoms with Crippen LogP contribution in [0.15, 0.2) is 36.5 Å². The van der Waals surface area contributed by atoms with Crippen molar-refractivity contribution in [2.75, 3.05) is 6.54 Å². The zero-order chi connectivity index (χ0) is 17.3. The molecular formula is C20H24N2O3. The lowest BCUT2D eigenvalue weighted by Gasteiger charge is -2.27. The van der Waals surface area contributed by atoms with Crippen LogP contribution in [0.1, 0.15) is 38.5 Å². The molecule has 132 valence electrons. The van der Waals surface area contributed by atoms with Crippen LogP contribution in [-0.4, -0.2) is 28.6 Å². The van der Waals surface area contributed by atoms with E-state index in [1.807, 2.05) is 12.1 Å². The highest BCUT2D eigenvalue weighted by Crippen LogP contribution is 2.45. The summed E-state index contributed by atoms with van der Waals surface area (Å²) >= 11 is 0. The topological polar surface area (TPSA) is 60.3 Å². The number of hydrogen-bond donors (Lipinski definition) is 1. The zero-order valence-corrected chi connectivity index (χ0v) is 14.4. The fraction of sp³-hybridized carbons (Fsp3) is 0.500. The van der Waals surface area contributed by atoms with E-state index in [0.29, 0.717) is 6.54 Å². The number of aryl methyl sites for hydroxylation is 1. The van der Waals surface area contributed by atoms with Gasteiger partial charge in [0.15, 0.2) is 0 Å². The number of carbonyl (C=O) groups excluding carboxylic acids is 2. The molecule has 1 aromatic heterocycles. The van der Waals surface area contributed by atoms with Gasteiger partial charge in [0, 0.05) is 24.8 Å². The van der Waals surface area contributed by atoms with Gasteiger partial charge in [-0.05, 0) is 49.6 Å². The predicted octanol–water partition coefficient (Wildman–Crippen LogP) is 3.02. The molecule has 1 aliphatic heterocycles. The van der Waals surface area contributed by atoms with Crippen molar-refractivity contribution in [1.29, 1.82) is 0 Å². The first-order chi connectivity index (χ1) is 12.2. The van der Waals surface area contributed by atoms with Crippen LogP contribution in [0.3, 0.4) is 0 Å². The Bertz CT molecular complexity index is 789. The molecule has 1 spiro atoms. The van der Waals surface area contributed by atoms with Gasteiger partial charge in [-0.3, -0.25) is 9.59 Å². The Morgan fingerprint density at radius 1 is 1.24 bits per heavy atom. The maximum Gasteiger partial charge on any atom is 0.307 e. The molecule has 1 N–H and O–H groups in total. The molecule has 5 heteroatoms. The molecule has 4 rings (SSSR count). The second-order valence-electron chi connectivity index (χ2n) is 7.22. The summed E-state index contributed by atoms with van der Waals surface area (Å²) in [6.07, 6.45) is 6.91. The van der Waals surface area contributed by atoms with Gasteiger partial charge >= 0.3 is 5.97 Å². The van der Waals surface area contributed by atoms with E-state index in [2.05, 4.69) is 34.3 Å². The van der Waals surface area contributed by atoms with E-state index in [0.717, 1.165) is 38.6 Å². The summed E-state index contributed by atoms with van der Waals surface area (Å²) in [5.41, 5.74) is 0.700. The van der Waals surface area contributed by atoms with Crippen LogP contribution in [0, 0.1) is 5.92 Å². The number of esters is 1. The van der Waals surface area contributed by atoms with Gasteiger partial charge in [-0.25, -0.2) is 0 Å². The number of nitrogens with zero attached hydrogens (tertiary/aromatic N) is 1. The highest BCUT2D eigenvalue weighted by Gasteiger charge is 2.53. The van der Waals surface area contributed by atoms with Crippen molar-refractivity contribution in [2.24, 2.45) is 5.92 Å². The van der Waals surface area contributed by atoms with E-state index < -0.39 is 5.60 Å². The number of nitrogens with one attached hydrogen (secondary N) is 1. The average Bonchev–Trinajstić information content (AvgIpc) is 3.32. The molecule has 1 amide bonds. The highest BCUT2D eigenvalue weighted by atomic mass is 16.6. The van der Waals surface area contributed by atoms with Crippen LogP contribution < -0.4 is 5.32 Å². The molecule has 0 bridgehead atoms. The third-order valence-corrected chi connectivity index (χ3v) is 5.64. The van der Waals surface area contributed by atoms with Gasteiger partial charge < -0.3 is 14.6 Å². The minimum Gasteiger partial charge on any atom is -0.458 e. The van der Waals surface area contributed by atoms with E-state index >= 15 is 0 Å². The molecule has 2 heterocycles. The van der Waals surface area contributed by atoms with Crippen molar-refractivity contribution in [3.63, 3.8) is 0 Å². The molecule has 1 saturated carbocycles. The number of aromatic nitrogens is 1. The van der Waals surface area contributed by atoms with Crippen molar-refractivity contribution < 1.29 is 14.3 Å². The molecule has 1 aliphatic carbocycles. The van der Waals surface area contributed by atoms with Gasteiger partial charge in [-0.1, -0.05) is 18.2 Å². The van der Waals surface area contributed by atoms with Gasteiger partial charge in [0.2, 0.25) is 5.91 Å². The quantitative estimate of drug-likeness (QED) is 0.672. The summed E-state index contributed by atoms with van der Waals surface area (Å²) in [4.78, 5) is 24.3. The summed E-state index contributed by atoms with van der Waals surface area (Å²) in [7, 11) is 0. The Balaban J connectivity index is 1.31. The van der Waals surface area contributed by atoms with Crippen LogP contribution in [0.2, 0.25) is 0 Å². The monoisotopic (exact) mass is 340 g/mol. The molecule has 5 nitrogen and oxygen atoms in total. The second kappa shape index (κ2) is 6.54. The summed E-state index contributed by atoms with van der Waals surface area (Å²) in [6, 6.07) is 10.4. The van der Waals surface area contributed by atoms with E-state index in [1.54, 1.807) is 0 Å². The van der Waals surface area contributed by atoms with Crippen LogP contribution >= 0.6 is 0 Å². The number of benzene rings is 1. The maximum absolute atomic E-state index is 12.6. The first-order valence-corrected chi connectivity index (χ1v) is 9.21. The Kier molecular flexibility index (Phi) is 4.24. The van der Waals surface area contributed by atoms with Crippen LogP contribution in [0.5, 0.6) is 0 Å². The molecule has 25 heavy (non-hydrogen) atoms. The minimum absolute atomic E-state index is 0.0230. The minimum atomic E-state index is -0.516. The standard InChI is InChI=1S/C20H24N2O3/c23-18-14-16(20(25-18)9-3-4-10-20)19(24)21-11-5-12-22-13-8-15-6-1-2-7-17(15)22/h1-2,6-8,13,16H,3-5,9-12,14H2,(H,21,24). The van der Waals surface area contributed by atoms with E-state index in [9.17, 15) is 9.59 Å². The Labute approximate surface area is 147 Å². The van der Waals surface area contributed by atoms with E-state index in [1.165, 1.54) is 10.9 Å². The van der Waals surface area contributed by atoms with Gasteiger partial charge in [0.1, 0.15) is 5.60 Å². The molecule has 2 fully saturated rings. The fourth-order valence-corrected chi connectivity index (χ4v) is 4.37. The Hall–Kier alpha value is -2.30. The third-order valence-electron chi connectivity index (χ3n) is 5.64. The number of fused-ring (bicyclic) bond motifs is 1. The Morgan fingerprint density at radius 3 is 2.88 bits per heavy atom. The molecular weight excluding hydrogens is 316 g/mol. The summed E-state index contributed by atoms with van der Waals surface area (Å²) in [6.45, 7) is 1.48. The van der Waals surface area contributed by atoms with Crippen molar-refractivity contribution in [3.8, 4) is 0 Å². The third kappa shape index (κ3) is 3.03. The largest absolute Gasteiger partial charge is 0.458 e. The predicted molar refractivity (Wildman–Crippen MR) is 95.0 cm³/mol. The smallest absolute Gasteiger partial charge is 0.307 e. The molecule has 1 aromatic carbocycles. The van der Waals surface area contributed by atoms with Crippen molar-refractivity contribution in [2.45, 2.75) is 50.7 Å². The van der Waals surface area contributed by atoms with E-state index in [-0.39, 0.29) is 24.2 Å². The number of ether oxygens (including phenoxy) is 1.